The average Bonchev–Trinajstić information content (AvgIpc) is 2.41. The van der Waals surface area contributed by atoms with Gasteiger partial charge in [0.05, 0.1) is 0 Å². The van der Waals surface area contributed by atoms with Gasteiger partial charge in [-0.3, -0.25) is 4.79 Å². The molecule has 0 unspecified atom stereocenters. The van der Waals surface area contributed by atoms with Gasteiger partial charge in [0.2, 0.25) is 0 Å². The summed E-state index contributed by atoms with van der Waals surface area (Å²) < 4.78 is 0. The van der Waals surface area contributed by atoms with Crippen LogP contribution in [0.2, 0.25) is 5.02 Å². The van der Waals surface area contributed by atoms with Crippen molar-refractivity contribution in [3.63, 3.8) is 0 Å². The maximum Gasteiger partial charge on any atom is 0.251 e. The lowest BCUT2D eigenvalue weighted by molar-refractivity contribution is 0.0963. The SMILES string of the molecule is CNC(=O)c1ccc(Cc2ccc(Cl)cc2)cc1. The van der Waals surface area contributed by atoms with Crippen molar-refractivity contribution in [1.29, 1.82) is 0 Å². The molecule has 2 rings (SSSR count). The molecule has 0 aromatic heterocycles. The molecule has 0 spiro atoms. The summed E-state index contributed by atoms with van der Waals surface area (Å²) in [7, 11) is 1.63. The van der Waals surface area contributed by atoms with E-state index in [0.29, 0.717) is 5.56 Å². The zero-order chi connectivity index (χ0) is 13.0. The van der Waals surface area contributed by atoms with Gasteiger partial charge in [-0.25, -0.2) is 0 Å². The first-order valence-corrected chi connectivity index (χ1v) is 6.12. The molecule has 3 heteroatoms. The van der Waals surface area contributed by atoms with Gasteiger partial charge in [0.25, 0.3) is 5.91 Å². The second-order valence-corrected chi connectivity index (χ2v) is 4.52. The van der Waals surface area contributed by atoms with Gasteiger partial charge in [-0.05, 0) is 41.8 Å². The molecule has 0 aliphatic carbocycles. The Hall–Kier alpha value is -1.80. The fourth-order valence-electron chi connectivity index (χ4n) is 1.76. The summed E-state index contributed by atoms with van der Waals surface area (Å²) in [5.41, 5.74) is 3.05. The van der Waals surface area contributed by atoms with Crippen LogP contribution in [0.15, 0.2) is 48.5 Å². The highest BCUT2D eigenvalue weighted by atomic mass is 35.5. The highest BCUT2D eigenvalue weighted by Crippen LogP contribution is 2.14. The van der Waals surface area contributed by atoms with Crippen LogP contribution in [-0.2, 0) is 6.42 Å². The third-order valence-electron chi connectivity index (χ3n) is 2.76. The van der Waals surface area contributed by atoms with Crippen molar-refractivity contribution in [3.8, 4) is 0 Å². The largest absolute Gasteiger partial charge is 0.355 e. The number of hydrogen-bond donors (Lipinski definition) is 1. The van der Waals surface area contributed by atoms with E-state index in [1.54, 1.807) is 7.05 Å². The van der Waals surface area contributed by atoms with Crippen LogP contribution in [0.4, 0.5) is 0 Å². The topological polar surface area (TPSA) is 29.1 Å². The minimum atomic E-state index is -0.0620. The normalized spacial score (nSPS) is 10.1. The average molecular weight is 260 g/mol. The number of amides is 1. The van der Waals surface area contributed by atoms with Crippen LogP contribution in [0.25, 0.3) is 0 Å². The number of carbonyl (C=O) groups is 1. The predicted octanol–water partition coefficient (Wildman–Crippen LogP) is 3.29. The summed E-state index contributed by atoms with van der Waals surface area (Å²) in [4.78, 5) is 11.4. The molecule has 2 nitrogen and oxygen atoms in total. The van der Waals surface area contributed by atoms with E-state index >= 15 is 0 Å². The van der Waals surface area contributed by atoms with Gasteiger partial charge in [0.1, 0.15) is 0 Å². The third kappa shape index (κ3) is 3.11. The fraction of sp³-hybridized carbons (Fsp3) is 0.133. The highest BCUT2D eigenvalue weighted by molar-refractivity contribution is 6.30. The summed E-state index contributed by atoms with van der Waals surface area (Å²) in [6.07, 6.45) is 0.838. The molecule has 1 amide bonds. The number of halogens is 1. The van der Waals surface area contributed by atoms with E-state index in [1.165, 1.54) is 11.1 Å². The Bertz CT molecular complexity index is 531. The molecule has 1 N–H and O–H groups in total. The Morgan fingerprint density at radius 1 is 1.00 bits per heavy atom. The van der Waals surface area contributed by atoms with Gasteiger partial charge in [-0.15, -0.1) is 0 Å². The van der Waals surface area contributed by atoms with E-state index < -0.39 is 0 Å². The van der Waals surface area contributed by atoms with Gasteiger partial charge in [0.15, 0.2) is 0 Å². The molecule has 0 radical (unpaired) electrons. The van der Waals surface area contributed by atoms with Crippen LogP contribution in [0.3, 0.4) is 0 Å². The number of carbonyl (C=O) groups excluding carboxylic acids is 1. The highest BCUT2D eigenvalue weighted by Gasteiger charge is 2.02. The van der Waals surface area contributed by atoms with Crippen LogP contribution in [-0.4, -0.2) is 13.0 Å². The molecule has 0 saturated carbocycles. The summed E-state index contributed by atoms with van der Waals surface area (Å²) >= 11 is 5.84. The van der Waals surface area contributed by atoms with Crippen molar-refractivity contribution < 1.29 is 4.79 Å². The lowest BCUT2D eigenvalue weighted by Crippen LogP contribution is -2.17. The monoisotopic (exact) mass is 259 g/mol. The third-order valence-corrected chi connectivity index (χ3v) is 3.02. The van der Waals surface area contributed by atoms with Gasteiger partial charge >= 0.3 is 0 Å². The minimum Gasteiger partial charge on any atom is -0.355 e. The van der Waals surface area contributed by atoms with Crippen LogP contribution >= 0.6 is 11.6 Å². The second kappa shape index (κ2) is 5.69. The smallest absolute Gasteiger partial charge is 0.251 e. The second-order valence-electron chi connectivity index (χ2n) is 4.08. The molecule has 0 fully saturated rings. The Kier molecular flexibility index (Phi) is 4.00. The molecule has 0 saturated heterocycles. The summed E-state index contributed by atoms with van der Waals surface area (Å²) in [5.74, 6) is -0.0620. The summed E-state index contributed by atoms with van der Waals surface area (Å²) in [5, 5.41) is 3.35. The maximum absolute atomic E-state index is 11.4. The van der Waals surface area contributed by atoms with E-state index in [9.17, 15) is 4.79 Å². The van der Waals surface area contributed by atoms with Crippen molar-refractivity contribution in [1.82, 2.24) is 5.32 Å². The van der Waals surface area contributed by atoms with Gasteiger partial charge in [-0.2, -0.15) is 0 Å². The van der Waals surface area contributed by atoms with E-state index in [0.717, 1.165) is 11.4 Å². The first-order chi connectivity index (χ1) is 8.69. The van der Waals surface area contributed by atoms with E-state index in [4.69, 9.17) is 11.6 Å². The molecule has 92 valence electrons. The molecule has 18 heavy (non-hydrogen) atoms. The molecule has 2 aromatic rings. The molecule has 2 aromatic carbocycles. The molecular formula is C15H14ClNO. The minimum absolute atomic E-state index is 0.0620. The Morgan fingerprint density at radius 2 is 1.50 bits per heavy atom. The standard InChI is InChI=1S/C15H14ClNO/c1-17-15(18)13-6-2-11(3-7-13)10-12-4-8-14(16)9-5-12/h2-9H,10H2,1H3,(H,17,18). The molecule has 0 atom stereocenters. The predicted molar refractivity (Wildman–Crippen MR) is 74.1 cm³/mol. The van der Waals surface area contributed by atoms with Crippen LogP contribution in [0, 0.1) is 0 Å². The Labute approximate surface area is 112 Å². The summed E-state index contributed by atoms with van der Waals surface area (Å²) in [6, 6.07) is 15.4. The van der Waals surface area contributed by atoms with Gasteiger partial charge in [0, 0.05) is 17.6 Å². The van der Waals surface area contributed by atoms with Crippen molar-refractivity contribution in [3.05, 3.63) is 70.2 Å². The first-order valence-electron chi connectivity index (χ1n) is 5.74. The van der Waals surface area contributed by atoms with Crippen molar-refractivity contribution in [2.24, 2.45) is 0 Å². The fourth-order valence-corrected chi connectivity index (χ4v) is 1.88. The van der Waals surface area contributed by atoms with Gasteiger partial charge in [-0.1, -0.05) is 35.9 Å². The van der Waals surface area contributed by atoms with E-state index in [2.05, 4.69) is 5.32 Å². The number of hydrogen-bond acceptors (Lipinski definition) is 1. The van der Waals surface area contributed by atoms with E-state index in [1.807, 2.05) is 48.5 Å². The molecular weight excluding hydrogens is 246 g/mol. The number of nitrogens with one attached hydrogen (secondary N) is 1. The zero-order valence-corrected chi connectivity index (χ0v) is 10.9. The number of rotatable bonds is 3. The molecule has 0 aliphatic rings. The van der Waals surface area contributed by atoms with Crippen molar-refractivity contribution in [2.75, 3.05) is 7.05 Å². The zero-order valence-electron chi connectivity index (χ0n) is 10.1. The maximum atomic E-state index is 11.4. The molecule has 0 heterocycles. The lowest BCUT2D eigenvalue weighted by atomic mass is 10.0. The Balaban J connectivity index is 2.10. The van der Waals surface area contributed by atoms with E-state index in [-0.39, 0.29) is 5.91 Å². The Morgan fingerprint density at radius 3 is 2.00 bits per heavy atom. The van der Waals surface area contributed by atoms with Crippen LogP contribution in [0.5, 0.6) is 0 Å². The molecule has 0 bridgehead atoms. The van der Waals surface area contributed by atoms with Crippen LogP contribution in [0.1, 0.15) is 21.5 Å². The quantitative estimate of drug-likeness (QED) is 0.900. The van der Waals surface area contributed by atoms with Crippen molar-refractivity contribution >= 4 is 17.5 Å². The lowest BCUT2D eigenvalue weighted by Gasteiger charge is -2.04. The summed E-state index contributed by atoms with van der Waals surface area (Å²) in [6.45, 7) is 0. The van der Waals surface area contributed by atoms with Crippen molar-refractivity contribution in [2.45, 2.75) is 6.42 Å². The first kappa shape index (κ1) is 12.7. The number of benzene rings is 2. The molecule has 0 aliphatic heterocycles. The van der Waals surface area contributed by atoms with Gasteiger partial charge < -0.3 is 5.32 Å². The van der Waals surface area contributed by atoms with Crippen LogP contribution < -0.4 is 5.32 Å².